The molecular formula is C106H107F4N13O19. The predicted molar refractivity (Wildman–Crippen MR) is 510 cm³/mol. The number of carbonyl (C=O) groups excluding carboxylic acids is 6. The maximum atomic E-state index is 16.7. The highest BCUT2D eigenvalue weighted by atomic mass is 19.3. The van der Waals surface area contributed by atoms with Gasteiger partial charge in [-0.25, -0.2) is 33.9 Å². The zero-order chi connectivity index (χ0) is 98.5. The number of imidazole rings is 2. The van der Waals surface area contributed by atoms with E-state index in [-0.39, 0.29) is 59.0 Å². The van der Waals surface area contributed by atoms with Gasteiger partial charge >= 0.3 is 30.3 Å². The molecule has 142 heavy (non-hydrogen) atoms. The van der Waals surface area contributed by atoms with Crippen LogP contribution in [0.5, 0.6) is 0 Å². The lowest BCUT2D eigenvalue weighted by Gasteiger charge is -2.34. The fraction of sp³-hybridized carbons (Fsp3) is 0.396. The van der Waals surface area contributed by atoms with Crippen molar-refractivity contribution in [3.63, 3.8) is 0 Å². The number of aromatic nitrogens is 4. The molecule has 12 aliphatic rings. The van der Waals surface area contributed by atoms with Gasteiger partial charge in [-0.1, -0.05) is 134 Å². The molecule has 2 spiro atoms. The molecule has 36 heteroatoms. The number of amides is 7. The molecule has 2 aromatic heterocycles. The molecule has 8 aromatic carbocycles. The van der Waals surface area contributed by atoms with Crippen molar-refractivity contribution in [3.8, 4) is 67.0 Å². The van der Waals surface area contributed by atoms with Crippen LogP contribution >= 0.6 is 0 Å². The number of nitrogens with zero attached hydrogens (tertiary/aromatic N) is 7. The van der Waals surface area contributed by atoms with E-state index in [4.69, 9.17) is 53.0 Å². The Balaban J connectivity index is 0.000000154. The van der Waals surface area contributed by atoms with E-state index in [9.17, 15) is 43.5 Å². The SMILES string of the molecule is COC(=O)N[C@@H](C(=O)N1CC2(C[C@H]1C1=Nc3ccc(-c4ccc5c(c4)C(F)(F)c4cc(-c6cnc(C7CCCC7)[nH]6)ccc4-5)cc3C1)OCCO2)c1ccccc1.COC(=O)N[C@H](C(=O)N1CCC[C@H]1c1ncc(-c2ccc3c(c2)C(F)(F)c2cc(-c4ccc5c(c4)CC([C@@H]4CC6(CN4C(=O)[C@H](NC(=O)O)c4ccccc4)OCCO6)=N5)ccc2-3)[nH]1)C1CCOCC1.COC(=O)N[C@H](C(=O)O)C1CCOCC1. The minimum atomic E-state index is -3.32. The van der Waals surface area contributed by atoms with Crippen LogP contribution in [0.2, 0.25) is 0 Å². The number of benzene rings is 8. The summed E-state index contributed by atoms with van der Waals surface area (Å²) in [6, 6.07) is 44.6. The minimum Gasteiger partial charge on any atom is -0.480 e. The molecule has 738 valence electrons. The molecule has 11 heterocycles. The summed E-state index contributed by atoms with van der Waals surface area (Å²) in [6.07, 6.45) is 9.90. The first kappa shape index (κ1) is 95.5. The van der Waals surface area contributed by atoms with Crippen LogP contribution in [0.25, 0.3) is 67.0 Å². The van der Waals surface area contributed by atoms with Gasteiger partial charge in [0.05, 0.1) is 114 Å². The number of aliphatic imine (C=N–C) groups is 2. The number of carbonyl (C=O) groups is 8. The maximum absolute atomic E-state index is 16.7. The third-order valence-corrected chi connectivity index (χ3v) is 29.5. The molecular weight excluding hydrogens is 1840 g/mol. The lowest BCUT2D eigenvalue weighted by molar-refractivity contribution is -0.153. The Labute approximate surface area is 814 Å². The monoisotopic (exact) mass is 1940 g/mol. The van der Waals surface area contributed by atoms with Crippen LogP contribution in [0.3, 0.4) is 0 Å². The number of ether oxygens (including phenoxy) is 9. The number of hydrogen-bond acceptors (Lipinski definition) is 21. The van der Waals surface area contributed by atoms with Crippen LogP contribution in [0.15, 0.2) is 192 Å². The first-order chi connectivity index (χ1) is 68.7. The van der Waals surface area contributed by atoms with Gasteiger partial charge in [0.1, 0.15) is 35.8 Å². The van der Waals surface area contributed by atoms with Crippen molar-refractivity contribution in [3.05, 3.63) is 238 Å². The summed E-state index contributed by atoms with van der Waals surface area (Å²) in [5, 5.41) is 28.9. The largest absolute Gasteiger partial charge is 0.480 e. The number of alkyl carbamates (subject to hydrolysis) is 3. The molecule has 9 aliphatic heterocycles. The molecule has 0 radical (unpaired) electrons. The van der Waals surface area contributed by atoms with Crippen LogP contribution in [0.4, 0.5) is 48.1 Å². The zero-order valence-electron chi connectivity index (χ0n) is 78.2. The first-order valence-electron chi connectivity index (χ1n) is 48.1. The van der Waals surface area contributed by atoms with Gasteiger partial charge in [0, 0.05) is 109 Å². The van der Waals surface area contributed by atoms with Gasteiger partial charge in [0.25, 0.3) is 23.7 Å². The van der Waals surface area contributed by atoms with E-state index in [0.29, 0.717) is 202 Å². The van der Waals surface area contributed by atoms with E-state index in [1.54, 1.807) is 130 Å². The van der Waals surface area contributed by atoms with Crippen molar-refractivity contribution >= 4 is 70.9 Å². The standard InChI is InChI=1S/C52H51F2N7O9.C45H41F2N5O5.C9H15NO5/c1-67-50(66)59-45(30-15-18-68-19-16-30)47(62)60-17-5-8-42(60)46-55-27-41(57-46)33-10-13-36-35-12-9-32(23-37(35)52(53,54)38(36)24-33)31-11-14-39-34(22-31)25-40(56-39)43-26-51(69-20-21-70-51)28-61(43)48(63)44(58-49(64)65)29-6-3-2-4-7-29;1-55-43(54)51-40(26-7-3-2-4-8-26)42(53)52-25-44(56-17-18-57-44)23-39(52)37-22-31-19-28(13-16-36(31)49-37)29-11-14-32-33-15-12-30(21-35(33)45(46,47)34(32)20-29)38-24-48-41(50-38)27-9-5-6-10-27;1-14-9(13)10-7(8(11)12)6-2-4-15-5-3-6/h2-4,6-7,9-14,22-24,27,30,42-45,58H,5,8,15-21,25-26,28H2,1H3,(H,55,57)(H,59,66)(H,64,65);2-4,7-8,11-16,19-21,24,27,39-40H,5-6,9-10,17-18,22-23,25H2,1H3,(H,48,50)(H,51,54);6-7H,2-5H2,1H3,(H,10,13)(H,11,12)/t42-,43-,44+,45-;39-,40+;7-/m000/s1. The molecule has 10 aromatic rings. The summed E-state index contributed by atoms with van der Waals surface area (Å²) < 4.78 is 115. The number of aromatic amines is 2. The van der Waals surface area contributed by atoms with Crippen molar-refractivity contribution in [2.45, 2.75) is 162 Å². The number of halogens is 4. The van der Waals surface area contributed by atoms with Crippen molar-refractivity contribution < 1.29 is 109 Å². The number of likely N-dealkylation sites (tertiary alicyclic amines) is 3. The number of H-pyrrole nitrogens is 2. The summed E-state index contributed by atoms with van der Waals surface area (Å²) in [4.78, 5) is 132. The summed E-state index contributed by atoms with van der Waals surface area (Å²) in [5.74, 6) is -8.91. The summed E-state index contributed by atoms with van der Waals surface area (Å²) in [5.41, 5.74) is 12.8. The number of methoxy groups -OCH3 is 3. The number of hydrogen-bond donors (Lipinski definition) is 8. The van der Waals surface area contributed by atoms with Gasteiger partial charge in [0.15, 0.2) is 11.6 Å². The third kappa shape index (κ3) is 18.9. The molecule has 8 N–H and O–H groups in total. The van der Waals surface area contributed by atoms with Gasteiger partial charge in [0.2, 0.25) is 5.91 Å². The first-order valence-corrected chi connectivity index (χ1v) is 48.1. The number of nitrogens with one attached hydrogen (secondary N) is 6. The lowest BCUT2D eigenvalue weighted by Crippen LogP contribution is -2.53. The van der Waals surface area contributed by atoms with Crippen LogP contribution in [0.1, 0.15) is 157 Å². The molecule has 7 saturated heterocycles. The highest BCUT2D eigenvalue weighted by molar-refractivity contribution is 6.04. The van der Waals surface area contributed by atoms with Crippen molar-refractivity contribution in [2.24, 2.45) is 21.8 Å². The molecule has 7 amide bonds. The van der Waals surface area contributed by atoms with Gasteiger partial charge in [-0.05, 0) is 178 Å². The van der Waals surface area contributed by atoms with E-state index >= 15 is 17.6 Å². The zero-order valence-corrected chi connectivity index (χ0v) is 78.2. The lowest BCUT2D eigenvalue weighted by atomic mass is 9.90. The van der Waals surface area contributed by atoms with Crippen LogP contribution < -0.4 is 21.3 Å². The molecule has 7 atom stereocenters. The Morgan fingerprint density at radius 1 is 0.423 bits per heavy atom. The predicted octanol–water partition coefficient (Wildman–Crippen LogP) is 16.5. The second-order valence-corrected chi connectivity index (χ2v) is 37.8. The molecule has 0 unspecified atom stereocenters. The second kappa shape index (κ2) is 39.8. The van der Waals surface area contributed by atoms with Crippen molar-refractivity contribution in [1.82, 2.24) is 55.9 Å². The topological polar surface area (TPSA) is 400 Å². The molecule has 8 fully saturated rings. The summed E-state index contributed by atoms with van der Waals surface area (Å²) >= 11 is 0. The Hall–Kier alpha value is -14.0. The van der Waals surface area contributed by atoms with Crippen LogP contribution in [-0.2, 0) is 86.5 Å². The van der Waals surface area contributed by atoms with Gasteiger partial charge < -0.3 is 98.8 Å². The number of carboxylic acid groups (broad SMARTS) is 2. The fourth-order valence-corrected chi connectivity index (χ4v) is 22.3. The Morgan fingerprint density at radius 3 is 1.26 bits per heavy atom. The van der Waals surface area contributed by atoms with Gasteiger partial charge in [-0.3, -0.25) is 24.4 Å². The maximum Gasteiger partial charge on any atom is 0.407 e. The fourth-order valence-electron chi connectivity index (χ4n) is 22.3. The van der Waals surface area contributed by atoms with Crippen LogP contribution in [-0.4, -0.2) is 234 Å². The molecule has 22 rings (SSSR count). The third-order valence-electron chi connectivity index (χ3n) is 29.5. The highest BCUT2D eigenvalue weighted by Gasteiger charge is 2.56. The summed E-state index contributed by atoms with van der Waals surface area (Å²) in [7, 11) is 3.73. The second-order valence-electron chi connectivity index (χ2n) is 37.8. The van der Waals surface area contributed by atoms with Gasteiger partial charge in [-0.2, -0.15) is 17.6 Å². The Kier molecular flexibility index (Phi) is 26.8. The van der Waals surface area contributed by atoms with E-state index in [0.717, 1.165) is 64.4 Å². The van der Waals surface area contributed by atoms with Crippen LogP contribution in [0, 0.1) is 11.8 Å². The van der Waals surface area contributed by atoms with Gasteiger partial charge in [-0.15, -0.1) is 0 Å². The number of aliphatic carboxylic acids is 1. The molecule has 0 bridgehead atoms. The number of rotatable bonds is 20. The normalized spacial score (nSPS) is 21.0. The minimum absolute atomic E-state index is 0.00360. The van der Waals surface area contributed by atoms with E-state index < -0.39 is 102 Å². The molecule has 3 aliphatic carbocycles. The number of fused-ring (bicyclic) bond motifs is 8. The van der Waals surface area contributed by atoms with Crippen molar-refractivity contribution in [1.29, 1.82) is 0 Å². The molecule has 1 saturated carbocycles. The summed E-state index contributed by atoms with van der Waals surface area (Å²) in [6.45, 7) is 4.35. The highest BCUT2D eigenvalue weighted by Crippen LogP contribution is 2.56. The van der Waals surface area contributed by atoms with E-state index in [1.807, 2.05) is 60.7 Å². The molecule has 32 nitrogen and oxygen atoms in total. The Morgan fingerprint density at radius 2 is 0.817 bits per heavy atom. The Bertz CT molecular complexity index is 6590. The average Bonchev–Trinajstić information content (AvgIpc) is 1.57. The van der Waals surface area contributed by atoms with Crippen molar-refractivity contribution in [2.75, 3.05) is 93.8 Å². The number of alkyl halides is 4. The van der Waals surface area contributed by atoms with E-state index in [1.165, 1.54) is 40.2 Å². The smallest absolute Gasteiger partial charge is 0.407 e. The van der Waals surface area contributed by atoms with E-state index in [2.05, 4.69) is 45.9 Å². The quantitative estimate of drug-likeness (QED) is 0.0259. The number of carboxylic acids is 1. The average molecular weight is 1940 g/mol.